The van der Waals surface area contributed by atoms with Crippen LogP contribution in [-0.2, 0) is 0 Å². The molecule has 3 aromatic carbocycles. The Kier molecular flexibility index (Phi) is 4.30. The number of aromatic nitrogens is 2. The number of Topliss-reactive ketones (excluding diaryl/α,β-unsaturated/α-hetero) is 1. The summed E-state index contributed by atoms with van der Waals surface area (Å²) in [5, 5.41) is 6.81. The van der Waals surface area contributed by atoms with Crippen molar-refractivity contribution in [3.05, 3.63) is 108 Å². The average Bonchev–Trinajstić information content (AvgIpc) is 3.15. The molecule has 1 aliphatic rings. The molecule has 0 saturated heterocycles. The van der Waals surface area contributed by atoms with Crippen molar-refractivity contribution in [2.24, 2.45) is 5.10 Å². The second-order valence-corrected chi connectivity index (χ2v) is 7.75. The number of hydrazone groups is 1. The maximum Gasteiger partial charge on any atom is 0.272 e. The highest BCUT2D eigenvalue weighted by molar-refractivity contribution is 6.59. The van der Waals surface area contributed by atoms with Crippen molar-refractivity contribution in [2.45, 2.75) is 0 Å². The maximum absolute atomic E-state index is 13.3. The van der Waals surface area contributed by atoms with Gasteiger partial charge in [-0.05, 0) is 29.7 Å². The van der Waals surface area contributed by atoms with Crippen LogP contribution in [-0.4, -0.2) is 27.4 Å². The number of carbonyl (C=O) groups is 2. The number of fused-ring (bicyclic) bond motifs is 1. The molecule has 6 heteroatoms. The van der Waals surface area contributed by atoms with Crippen LogP contribution >= 0.6 is 0 Å². The molecule has 33 heavy (non-hydrogen) atoms. The topological polar surface area (TPSA) is 84.3 Å². The van der Waals surface area contributed by atoms with Crippen LogP contribution in [0.4, 0.5) is 0 Å². The number of para-hydroxylation sites is 1. The van der Waals surface area contributed by atoms with E-state index in [2.05, 4.69) is 15.5 Å². The van der Waals surface area contributed by atoms with E-state index in [1.165, 1.54) is 0 Å². The van der Waals surface area contributed by atoms with Gasteiger partial charge in [-0.3, -0.25) is 14.6 Å². The second-order valence-electron chi connectivity index (χ2n) is 7.75. The van der Waals surface area contributed by atoms with Gasteiger partial charge >= 0.3 is 0 Å². The van der Waals surface area contributed by atoms with Crippen LogP contribution in [0.25, 0.3) is 32.9 Å². The SMILES string of the molecule is O=C(NN=C1C(=O)c2cccc3cccc1c23)c1cc(-c2ccncc2)nc2ccccc12. The smallest absolute Gasteiger partial charge is 0.272 e. The molecule has 1 amide bonds. The number of hydrogen-bond acceptors (Lipinski definition) is 5. The highest BCUT2D eigenvalue weighted by Crippen LogP contribution is 2.31. The fourth-order valence-electron chi connectivity index (χ4n) is 4.29. The van der Waals surface area contributed by atoms with E-state index in [9.17, 15) is 9.59 Å². The number of carbonyl (C=O) groups excluding carboxylic acids is 2. The first-order chi connectivity index (χ1) is 16.2. The van der Waals surface area contributed by atoms with Gasteiger partial charge in [0, 0.05) is 39.9 Å². The molecule has 1 aliphatic carbocycles. The molecule has 0 saturated carbocycles. The number of pyridine rings is 2. The Balaban J connectivity index is 1.42. The lowest BCUT2D eigenvalue weighted by molar-refractivity contribution is 0.0956. The number of nitrogens with zero attached hydrogens (tertiary/aromatic N) is 3. The average molecular weight is 428 g/mol. The minimum absolute atomic E-state index is 0.195. The van der Waals surface area contributed by atoms with E-state index in [0.717, 1.165) is 21.9 Å². The normalized spacial score (nSPS) is 13.7. The minimum Gasteiger partial charge on any atom is -0.287 e. The molecule has 6 nitrogen and oxygen atoms in total. The van der Waals surface area contributed by atoms with E-state index in [-0.39, 0.29) is 11.5 Å². The van der Waals surface area contributed by atoms with Crippen molar-refractivity contribution >= 4 is 39.1 Å². The summed E-state index contributed by atoms with van der Waals surface area (Å²) in [6, 6.07) is 24.2. The molecule has 0 unspecified atom stereocenters. The van der Waals surface area contributed by atoms with E-state index in [1.807, 2.05) is 66.7 Å². The van der Waals surface area contributed by atoms with E-state index >= 15 is 0 Å². The summed E-state index contributed by atoms with van der Waals surface area (Å²) >= 11 is 0. The number of rotatable bonds is 3. The molecule has 5 aromatic rings. The van der Waals surface area contributed by atoms with Crippen molar-refractivity contribution in [3.63, 3.8) is 0 Å². The molecule has 0 radical (unpaired) electrons. The molecule has 1 N–H and O–H groups in total. The largest absolute Gasteiger partial charge is 0.287 e. The van der Waals surface area contributed by atoms with E-state index in [1.54, 1.807) is 24.5 Å². The predicted octanol–water partition coefficient (Wildman–Crippen LogP) is 4.78. The first kappa shape index (κ1) is 19.0. The Morgan fingerprint density at radius 1 is 0.848 bits per heavy atom. The van der Waals surface area contributed by atoms with Crippen molar-refractivity contribution in [1.29, 1.82) is 0 Å². The summed E-state index contributed by atoms with van der Waals surface area (Å²) in [4.78, 5) is 35.0. The standard InChI is InChI=1S/C27H16N4O2/c32-26-20-9-4-6-17-5-3-8-19(24(17)20)25(26)30-31-27(33)21-15-23(16-11-13-28-14-12-16)29-22-10-2-1-7-18(21)22/h1-15H,(H,31,33). The van der Waals surface area contributed by atoms with Gasteiger partial charge in [0.2, 0.25) is 5.78 Å². The van der Waals surface area contributed by atoms with Gasteiger partial charge in [0.05, 0.1) is 16.8 Å². The number of hydrogen-bond donors (Lipinski definition) is 1. The summed E-state index contributed by atoms with van der Waals surface area (Å²) < 4.78 is 0. The highest BCUT2D eigenvalue weighted by atomic mass is 16.2. The van der Waals surface area contributed by atoms with Gasteiger partial charge in [-0.15, -0.1) is 0 Å². The van der Waals surface area contributed by atoms with Gasteiger partial charge in [0.25, 0.3) is 5.91 Å². The summed E-state index contributed by atoms with van der Waals surface area (Å²) in [5.74, 6) is -0.605. The van der Waals surface area contributed by atoms with Crippen LogP contribution < -0.4 is 5.43 Å². The Hall–Kier alpha value is -4.71. The third-order valence-corrected chi connectivity index (χ3v) is 5.83. The molecule has 2 heterocycles. The lowest BCUT2D eigenvalue weighted by atomic mass is 10.0. The third kappa shape index (κ3) is 3.08. The molecule has 0 atom stereocenters. The van der Waals surface area contributed by atoms with Gasteiger partial charge in [-0.2, -0.15) is 5.10 Å². The van der Waals surface area contributed by atoms with Crippen LogP contribution in [0.1, 0.15) is 26.3 Å². The van der Waals surface area contributed by atoms with Crippen LogP contribution in [0.15, 0.2) is 96.4 Å². The minimum atomic E-state index is -0.410. The van der Waals surface area contributed by atoms with Gasteiger partial charge in [-0.1, -0.05) is 54.6 Å². The zero-order valence-electron chi connectivity index (χ0n) is 17.3. The van der Waals surface area contributed by atoms with Crippen LogP contribution in [0.2, 0.25) is 0 Å². The fourth-order valence-corrected chi connectivity index (χ4v) is 4.29. The summed E-state index contributed by atoms with van der Waals surface area (Å²) in [5.41, 5.74) is 6.80. The molecule has 0 aliphatic heterocycles. The molecule has 2 aromatic heterocycles. The Morgan fingerprint density at radius 3 is 2.42 bits per heavy atom. The van der Waals surface area contributed by atoms with Gasteiger partial charge < -0.3 is 0 Å². The van der Waals surface area contributed by atoms with Crippen LogP contribution in [0, 0.1) is 0 Å². The summed E-state index contributed by atoms with van der Waals surface area (Å²) in [6.45, 7) is 0. The molecule has 0 bridgehead atoms. The number of amides is 1. The lowest BCUT2D eigenvalue weighted by Gasteiger charge is -2.09. The third-order valence-electron chi connectivity index (χ3n) is 5.83. The highest BCUT2D eigenvalue weighted by Gasteiger charge is 2.29. The van der Waals surface area contributed by atoms with Crippen molar-refractivity contribution in [3.8, 4) is 11.3 Å². The molecular weight excluding hydrogens is 412 g/mol. The number of benzene rings is 3. The van der Waals surface area contributed by atoms with Crippen LogP contribution in [0.3, 0.4) is 0 Å². The van der Waals surface area contributed by atoms with Crippen molar-refractivity contribution in [2.75, 3.05) is 0 Å². The second kappa shape index (κ2) is 7.46. The zero-order chi connectivity index (χ0) is 22.4. The first-order valence-corrected chi connectivity index (χ1v) is 10.5. The van der Waals surface area contributed by atoms with Crippen molar-refractivity contribution < 1.29 is 9.59 Å². The summed E-state index contributed by atoms with van der Waals surface area (Å²) in [6.07, 6.45) is 3.36. The molecule has 6 rings (SSSR count). The maximum atomic E-state index is 13.3. The molecular formula is C27H16N4O2. The van der Waals surface area contributed by atoms with Gasteiger partial charge in [0.1, 0.15) is 5.71 Å². The van der Waals surface area contributed by atoms with E-state index in [0.29, 0.717) is 27.7 Å². The van der Waals surface area contributed by atoms with Crippen molar-refractivity contribution in [1.82, 2.24) is 15.4 Å². The monoisotopic (exact) mass is 428 g/mol. The Bertz CT molecular complexity index is 1620. The lowest BCUT2D eigenvalue weighted by Crippen LogP contribution is -2.22. The summed E-state index contributed by atoms with van der Waals surface area (Å²) in [7, 11) is 0. The van der Waals surface area contributed by atoms with Gasteiger partial charge in [-0.25, -0.2) is 10.4 Å². The Labute approximate surface area is 188 Å². The number of ketones is 1. The molecule has 0 spiro atoms. The number of nitrogens with one attached hydrogen (secondary N) is 1. The van der Waals surface area contributed by atoms with Crippen LogP contribution in [0.5, 0.6) is 0 Å². The Morgan fingerprint density at radius 2 is 1.61 bits per heavy atom. The quantitative estimate of drug-likeness (QED) is 0.419. The van der Waals surface area contributed by atoms with E-state index in [4.69, 9.17) is 4.98 Å². The first-order valence-electron chi connectivity index (χ1n) is 10.5. The predicted molar refractivity (Wildman–Crippen MR) is 127 cm³/mol. The van der Waals surface area contributed by atoms with Gasteiger partial charge in [0.15, 0.2) is 0 Å². The van der Waals surface area contributed by atoms with E-state index < -0.39 is 5.91 Å². The zero-order valence-corrected chi connectivity index (χ0v) is 17.3. The molecule has 156 valence electrons. The molecule has 0 fully saturated rings. The fraction of sp³-hybridized carbons (Fsp3) is 0.